The lowest BCUT2D eigenvalue weighted by Gasteiger charge is -2.34. The molecular weight excluding hydrogens is 454 g/mol. The molecule has 2 atom stereocenters. The normalized spacial score (nSPS) is 21.6. The van der Waals surface area contributed by atoms with Gasteiger partial charge in [0, 0.05) is 37.6 Å². The minimum Gasteiger partial charge on any atom is -0.390 e. The van der Waals surface area contributed by atoms with Crippen molar-refractivity contribution in [3.8, 4) is 5.75 Å². The van der Waals surface area contributed by atoms with Gasteiger partial charge in [0.2, 0.25) is 5.75 Å². The summed E-state index contributed by atoms with van der Waals surface area (Å²) < 4.78 is 0. The molecule has 4 rings (SSSR count). The van der Waals surface area contributed by atoms with E-state index >= 15 is 0 Å². The molecule has 184 valence electrons. The van der Waals surface area contributed by atoms with Gasteiger partial charge in [-0.05, 0) is 74.7 Å². The number of likely N-dealkylation sites (tertiary alicyclic amines) is 1. The van der Waals surface area contributed by atoms with Crippen molar-refractivity contribution < 1.29 is 19.7 Å². The van der Waals surface area contributed by atoms with Crippen LogP contribution in [0.2, 0.25) is 5.02 Å². The second-order valence-electron chi connectivity index (χ2n) is 9.43. The molecule has 2 fully saturated rings. The Labute approximate surface area is 206 Å². The van der Waals surface area contributed by atoms with E-state index in [1.165, 1.54) is 12.5 Å². The summed E-state index contributed by atoms with van der Waals surface area (Å²) in [6, 6.07) is 12.1. The maximum Gasteiger partial charge on any atom is 0.352 e. The Morgan fingerprint density at radius 3 is 2.50 bits per heavy atom. The summed E-state index contributed by atoms with van der Waals surface area (Å²) in [6.45, 7) is 9.49. The van der Waals surface area contributed by atoms with Gasteiger partial charge in [-0.15, -0.1) is 0 Å². The molecule has 0 saturated carbocycles. The van der Waals surface area contributed by atoms with Gasteiger partial charge in [-0.1, -0.05) is 29.8 Å². The summed E-state index contributed by atoms with van der Waals surface area (Å²) in [4.78, 5) is 26.0. The van der Waals surface area contributed by atoms with Crippen LogP contribution < -0.4 is 15.1 Å². The molecule has 7 nitrogen and oxygen atoms in total. The van der Waals surface area contributed by atoms with Gasteiger partial charge in [0.15, 0.2) is 0 Å². The number of aliphatic hydroxyl groups is 1. The molecule has 34 heavy (non-hydrogen) atoms. The van der Waals surface area contributed by atoms with Crippen LogP contribution in [0.1, 0.15) is 36.5 Å². The van der Waals surface area contributed by atoms with E-state index in [-0.39, 0.29) is 6.04 Å². The van der Waals surface area contributed by atoms with Crippen LogP contribution in [0.25, 0.3) is 0 Å². The van der Waals surface area contributed by atoms with Gasteiger partial charge in [0.1, 0.15) is 0 Å². The third-order valence-electron chi connectivity index (χ3n) is 6.88. The number of hydrogen-bond donors (Lipinski definition) is 2. The first-order chi connectivity index (χ1) is 16.3. The molecule has 2 N–H and O–H groups in total. The zero-order valence-electron chi connectivity index (χ0n) is 20.1. The van der Waals surface area contributed by atoms with Gasteiger partial charge in [-0.3, -0.25) is 14.7 Å². The lowest BCUT2D eigenvalue weighted by Crippen LogP contribution is -2.49. The highest BCUT2D eigenvalue weighted by Gasteiger charge is 2.35. The van der Waals surface area contributed by atoms with Crippen molar-refractivity contribution in [2.75, 3.05) is 31.1 Å². The summed E-state index contributed by atoms with van der Waals surface area (Å²) in [5, 5.41) is 15.3. The highest BCUT2D eigenvalue weighted by atomic mass is 35.5. The Hall–Kier alpha value is -2.32. The Balaban J connectivity index is 1.34. The number of hydrogen-bond acceptors (Lipinski definition) is 7. The lowest BCUT2D eigenvalue weighted by atomic mass is 10.0. The Morgan fingerprint density at radius 2 is 1.82 bits per heavy atom. The monoisotopic (exact) mass is 487 g/mol. The van der Waals surface area contributed by atoms with Crippen LogP contribution in [0, 0.1) is 13.8 Å². The van der Waals surface area contributed by atoms with Crippen LogP contribution in [0.3, 0.4) is 0 Å². The van der Waals surface area contributed by atoms with Gasteiger partial charge in [-0.25, -0.2) is 4.79 Å². The topological polar surface area (TPSA) is 74.3 Å². The molecular formula is C26H34ClN3O4. The number of β-amino-alcohol motifs (C(OH)–C–C–N with tert-alkyl or cyclic N) is 1. The van der Waals surface area contributed by atoms with Crippen LogP contribution in [0.5, 0.6) is 5.75 Å². The third-order valence-corrected chi connectivity index (χ3v) is 7.13. The number of nitrogens with one attached hydrogen (secondary N) is 1. The number of halogens is 1. The molecule has 2 aromatic carbocycles. The van der Waals surface area contributed by atoms with E-state index in [1.54, 1.807) is 0 Å². The largest absolute Gasteiger partial charge is 0.390 e. The molecule has 0 radical (unpaired) electrons. The first-order valence-electron chi connectivity index (χ1n) is 11.9. The smallest absolute Gasteiger partial charge is 0.352 e. The van der Waals surface area contributed by atoms with E-state index in [0.29, 0.717) is 24.9 Å². The van der Waals surface area contributed by atoms with Gasteiger partial charge < -0.3 is 15.3 Å². The van der Waals surface area contributed by atoms with E-state index in [1.807, 2.05) is 38.1 Å². The quantitative estimate of drug-likeness (QED) is 0.456. The zero-order valence-corrected chi connectivity index (χ0v) is 20.8. The minimum atomic E-state index is -0.507. The Kier molecular flexibility index (Phi) is 7.99. The third kappa shape index (κ3) is 6.02. The molecule has 0 amide bonds. The number of piperidine rings is 1. The van der Waals surface area contributed by atoms with Crippen LogP contribution in [-0.2, 0) is 16.2 Å². The number of aryl methyl sites for hydroxylation is 1. The fourth-order valence-corrected chi connectivity index (χ4v) is 5.01. The highest BCUT2D eigenvalue weighted by molar-refractivity contribution is 6.30. The molecule has 0 aliphatic carbocycles. The van der Waals surface area contributed by atoms with E-state index in [2.05, 4.69) is 27.2 Å². The summed E-state index contributed by atoms with van der Waals surface area (Å²) in [7, 11) is 0. The van der Waals surface area contributed by atoms with Crippen molar-refractivity contribution in [3.63, 3.8) is 0 Å². The Bertz CT molecular complexity index is 992. The van der Waals surface area contributed by atoms with Crippen LogP contribution >= 0.6 is 11.6 Å². The van der Waals surface area contributed by atoms with Crippen LogP contribution in [-0.4, -0.2) is 60.3 Å². The van der Waals surface area contributed by atoms with Crippen molar-refractivity contribution in [1.82, 2.24) is 10.2 Å². The molecule has 0 unspecified atom stereocenters. The lowest BCUT2D eigenvalue weighted by molar-refractivity contribution is -0.210. The summed E-state index contributed by atoms with van der Waals surface area (Å²) in [6.07, 6.45) is 1.59. The summed E-state index contributed by atoms with van der Waals surface area (Å²) >= 11 is 6.00. The van der Waals surface area contributed by atoms with Crippen molar-refractivity contribution in [3.05, 3.63) is 58.1 Å². The SMILES string of the molecule is CC(=O)OOc1ccc(C)c(C)c1N1C[C@@H](O)[C@H](NC2CCN(Cc3ccc(Cl)cc3)CC2)C1. The van der Waals surface area contributed by atoms with E-state index in [4.69, 9.17) is 21.4 Å². The Morgan fingerprint density at radius 1 is 1.12 bits per heavy atom. The fraction of sp³-hybridized carbons (Fsp3) is 0.500. The molecule has 0 bridgehead atoms. The predicted octanol–water partition coefficient (Wildman–Crippen LogP) is 3.62. The van der Waals surface area contributed by atoms with Crippen LogP contribution in [0.4, 0.5) is 5.69 Å². The zero-order chi connectivity index (χ0) is 24.2. The van der Waals surface area contributed by atoms with Gasteiger partial charge in [-0.2, -0.15) is 0 Å². The van der Waals surface area contributed by atoms with Gasteiger partial charge in [0.05, 0.1) is 17.8 Å². The number of anilines is 1. The first-order valence-corrected chi connectivity index (χ1v) is 12.3. The molecule has 2 aromatic rings. The maximum absolute atomic E-state index is 11.2. The van der Waals surface area contributed by atoms with Crippen molar-refractivity contribution in [2.24, 2.45) is 0 Å². The van der Waals surface area contributed by atoms with Crippen molar-refractivity contribution in [2.45, 2.75) is 58.3 Å². The average molecular weight is 488 g/mol. The molecule has 2 aliphatic rings. The highest BCUT2D eigenvalue weighted by Crippen LogP contribution is 2.36. The molecule has 0 spiro atoms. The summed E-state index contributed by atoms with van der Waals surface area (Å²) in [5.41, 5.74) is 4.30. The number of nitrogens with zero attached hydrogens (tertiary/aromatic N) is 2. The van der Waals surface area contributed by atoms with Gasteiger partial charge in [0.25, 0.3) is 0 Å². The number of carbonyl (C=O) groups excluding carboxylic acids is 1. The molecule has 2 aliphatic heterocycles. The van der Waals surface area contributed by atoms with E-state index in [9.17, 15) is 9.90 Å². The number of rotatable bonds is 7. The summed E-state index contributed by atoms with van der Waals surface area (Å²) in [5.74, 6) is -0.0192. The molecule has 2 saturated heterocycles. The van der Waals surface area contributed by atoms with Gasteiger partial charge >= 0.3 is 5.97 Å². The van der Waals surface area contributed by atoms with Crippen LogP contribution in [0.15, 0.2) is 36.4 Å². The second kappa shape index (κ2) is 11.0. The van der Waals surface area contributed by atoms with Crippen molar-refractivity contribution >= 4 is 23.3 Å². The minimum absolute atomic E-state index is 0.0331. The standard InChI is InChI=1S/C26H34ClN3O4/c1-17-4-9-25(34-33-19(3)31)26(18(17)2)30-15-23(24(32)16-30)28-22-10-12-29(13-11-22)14-20-5-7-21(27)8-6-20/h4-9,22-24,28,32H,10-16H2,1-3H3/t23-,24-/m1/s1. The fourth-order valence-electron chi connectivity index (χ4n) is 4.88. The van der Waals surface area contributed by atoms with Crippen molar-refractivity contribution in [1.29, 1.82) is 0 Å². The molecule has 2 heterocycles. The predicted molar refractivity (Wildman–Crippen MR) is 133 cm³/mol. The number of carbonyl (C=O) groups is 1. The number of benzene rings is 2. The first kappa shape index (κ1) is 24.8. The maximum atomic E-state index is 11.2. The number of aliphatic hydroxyl groups excluding tert-OH is 1. The molecule has 8 heteroatoms. The average Bonchev–Trinajstić information content (AvgIpc) is 3.16. The molecule has 0 aromatic heterocycles. The van der Waals surface area contributed by atoms with E-state index < -0.39 is 12.1 Å². The van der Waals surface area contributed by atoms with E-state index in [0.717, 1.165) is 54.3 Å². The second-order valence-corrected chi connectivity index (χ2v) is 9.87.